The molecule has 1 amide bonds. The third-order valence-corrected chi connectivity index (χ3v) is 5.98. The Morgan fingerprint density at radius 1 is 1.11 bits per heavy atom. The van der Waals surface area contributed by atoms with Gasteiger partial charge in [0.2, 0.25) is 0 Å². The van der Waals surface area contributed by atoms with Crippen LogP contribution in [0.2, 0.25) is 0 Å². The van der Waals surface area contributed by atoms with Crippen LogP contribution in [-0.4, -0.2) is 42.5 Å². The quantitative estimate of drug-likeness (QED) is 0.337. The van der Waals surface area contributed by atoms with E-state index in [1.807, 2.05) is 74.4 Å². The predicted octanol–water partition coefficient (Wildman–Crippen LogP) is 4.74. The van der Waals surface area contributed by atoms with Crippen LogP contribution in [0.3, 0.4) is 0 Å². The topological polar surface area (TPSA) is 88.8 Å². The van der Waals surface area contributed by atoms with Crippen molar-refractivity contribution in [1.82, 2.24) is 9.66 Å². The first-order valence-electron chi connectivity index (χ1n) is 11.3. The highest BCUT2D eigenvalue weighted by molar-refractivity contribution is 9.10. The molecular weight excluding hydrogens is 522 g/mol. The number of aryl methyl sites for hydroxylation is 2. The SMILES string of the molecule is Cc1ccc(NC(=O)COc2cc(N(C)C)ccc2C=Nn2c(C)nc3ccc(Br)cc3c2=O)cc1. The average Bonchev–Trinajstić information content (AvgIpc) is 2.85. The molecule has 0 aliphatic rings. The highest BCUT2D eigenvalue weighted by Crippen LogP contribution is 2.24. The number of carbonyl (C=O) groups is 1. The fourth-order valence-electron chi connectivity index (χ4n) is 3.53. The molecule has 36 heavy (non-hydrogen) atoms. The van der Waals surface area contributed by atoms with Crippen LogP contribution in [0.25, 0.3) is 10.9 Å². The Morgan fingerprint density at radius 3 is 2.58 bits per heavy atom. The van der Waals surface area contributed by atoms with E-state index in [4.69, 9.17) is 4.74 Å². The zero-order valence-corrected chi connectivity index (χ0v) is 22.0. The number of carbonyl (C=O) groups excluding carboxylic acids is 1. The first-order chi connectivity index (χ1) is 17.2. The van der Waals surface area contributed by atoms with Crippen molar-refractivity contribution in [1.29, 1.82) is 0 Å². The molecule has 0 unspecified atom stereocenters. The molecule has 8 nitrogen and oxygen atoms in total. The van der Waals surface area contributed by atoms with Crippen LogP contribution >= 0.6 is 15.9 Å². The summed E-state index contributed by atoms with van der Waals surface area (Å²) in [6, 6.07) is 18.5. The van der Waals surface area contributed by atoms with Gasteiger partial charge in [-0.2, -0.15) is 9.78 Å². The van der Waals surface area contributed by atoms with Crippen LogP contribution in [-0.2, 0) is 4.79 Å². The van der Waals surface area contributed by atoms with Gasteiger partial charge in [-0.3, -0.25) is 9.59 Å². The lowest BCUT2D eigenvalue weighted by atomic mass is 10.2. The largest absolute Gasteiger partial charge is 0.483 e. The number of hydrogen-bond acceptors (Lipinski definition) is 6. The maximum absolute atomic E-state index is 13.1. The smallest absolute Gasteiger partial charge is 0.282 e. The summed E-state index contributed by atoms with van der Waals surface area (Å²) >= 11 is 3.40. The van der Waals surface area contributed by atoms with Crippen LogP contribution in [0.4, 0.5) is 11.4 Å². The molecular formula is C27H26BrN5O3. The van der Waals surface area contributed by atoms with Crippen LogP contribution in [0.15, 0.2) is 75.0 Å². The lowest BCUT2D eigenvalue weighted by Gasteiger charge is -2.16. The first kappa shape index (κ1) is 25.1. The fourth-order valence-corrected chi connectivity index (χ4v) is 3.89. The number of ether oxygens (including phenoxy) is 1. The van der Waals surface area contributed by atoms with Gasteiger partial charge in [0.05, 0.1) is 17.1 Å². The van der Waals surface area contributed by atoms with Crippen molar-refractivity contribution >= 4 is 50.3 Å². The van der Waals surface area contributed by atoms with E-state index in [1.165, 1.54) is 10.9 Å². The minimum atomic E-state index is -0.284. The molecule has 0 spiro atoms. The third kappa shape index (κ3) is 5.80. The van der Waals surface area contributed by atoms with Crippen LogP contribution < -0.4 is 20.5 Å². The van der Waals surface area contributed by atoms with Crippen molar-refractivity contribution in [2.45, 2.75) is 13.8 Å². The van der Waals surface area contributed by atoms with Crippen LogP contribution in [0.5, 0.6) is 5.75 Å². The number of fused-ring (bicyclic) bond motifs is 1. The average molecular weight is 548 g/mol. The zero-order valence-electron chi connectivity index (χ0n) is 20.4. The normalized spacial score (nSPS) is 11.1. The number of amides is 1. The van der Waals surface area contributed by atoms with Crippen LogP contribution in [0, 0.1) is 13.8 Å². The Morgan fingerprint density at radius 2 is 1.86 bits per heavy atom. The van der Waals surface area contributed by atoms with Gasteiger partial charge in [-0.15, -0.1) is 0 Å². The van der Waals surface area contributed by atoms with Gasteiger partial charge in [0.1, 0.15) is 11.6 Å². The molecule has 184 valence electrons. The molecule has 9 heteroatoms. The van der Waals surface area contributed by atoms with E-state index in [1.54, 1.807) is 19.1 Å². The third-order valence-electron chi connectivity index (χ3n) is 5.49. The molecule has 0 atom stereocenters. The number of rotatable bonds is 7. The molecule has 0 radical (unpaired) electrons. The monoisotopic (exact) mass is 547 g/mol. The molecule has 0 saturated carbocycles. The van der Waals surface area contributed by atoms with Gasteiger partial charge in [0.25, 0.3) is 11.5 Å². The molecule has 0 saturated heterocycles. The fraction of sp³-hybridized carbons (Fsp3) is 0.185. The van der Waals surface area contributed by atoms with E-state index in [0.717, 1.165) is 15.7 Å². The van der Waals surface area contributed by atoms with E-state index >= 15 is 0 Å². The molecule has 1 aromatic heterocycles. The van der Waals surface area contributed by atoms with Gasteiger partial charge >= 0.3 is 0 Å². The lowest BCUT2D eigenvalue weighted by molar-refractivity contribution is -0.118. The number of hydrogen-bond donors (Lipinski definition) is 1. The maximum atomic E-state index is 13.1. The van der Waals surface area contributed by atoms with Crippen molar-refractivity contribution < 1.29 is 9.53 Å². The van der Waals surface area contributed by atoms with Crippen molar-refractivity contribution in [3.63, 3.8) is 0 Å². The highest BCUT2D eigenvalue weighted by atomic mass is 79.9. The summed E-state index contributed by atoms with van der Waals surface area (Å²) in [5, 5.41) is 7.68. The predicted molar refractivity (Wildman–Crippen MR) is 148 cm³/mol. The van der Waals surface area contributed by atoms with Gasteiger partial charge in [0.15, 0.2) is 6.61 Å². The highest BCUT2D eigenvalue weighted by Gasteiger charge is 2.11. The van der Waals surface area contributed by atoms with E-state index in [0.29, 0.717) is 33.7 Å². The Kier molecular flexibility index (Phi) is 7.49. The van der Waals surface area contributed by atoms with E-state index in [-0.39, 0.29) is 18.1 Å². The Hall–Kier alpha value is -3.98. The number of benzene rings is 3. The first-order valence-corrected chi connectivity index (χ1v) is 12.0. The van der Waals surface area contributed by atoms with Gasteiger partial charge in [-0.1, -0.05) is 33.6 Å². The molecule has 0 aliphatic carbocycles. The lowest BCUT2D eigenvalue weighted by Crippen LogP contribution is -2.21. The number of nitrogens with zero attached hydrogens (tertiary/aromatic N) is 4. The molecule has 4 rings (SSSR count). The van der Waals surface area contributed by atoms with Crippen LogP contribution in [0.1, 0.15) is 17.0 Å². The second kappa shape index (κ2) is 10.7. The molecule has 0 bridgehead atoms. The van der Waals surface area contributed by atoms with E-state index < -0.39 is 0 Å². The molecule has 4 aromatic rings. The second-order valence-corrected chi connectivity index (χ2v) is 9.42. The summed E-state index contributed by atoms with van der Waals surface area (Å²) in [5.41, 5.74) is 3.64. The van der Waals surface area contributed by atoms with Crippen molar-refractivity contribution in [3.05, 3.63) is 92.4 Å². The van der Waals surface area contributed by atoms with E-state index in [9.17, 15) is 9.59 Å². The molecule has 0 fully saturated rings. The number of anilines is 2. The van der Waals surface area contributed by atoms with E-state index in [2.05, 4.69) is 31.3 Å². The van der Waals surface area contributed by atoms with Gasteiger partial charge < -0.3 is 15.0 Å². The summed E-state index contributed by atoms with van der Waals surface area (Å²) < 4.78 is 7.92. The Labute approximate surface area is 217 Å². The number of nitrogens with one attached hydrogen (secondary N) is 1. The van der Waals surface area contributed by atoms with Crippen molar-refractivity contribution in [3.8, 4) is 5.75 Å². The summed E-state index contributed by atoms with van der Waals surface area (Å²) in [6.45, 7) is 3.52. The molecule has 1 N–H and O–H groups in total. The Balaban J connectivity index is 1.60. The summed E-state index contributed by atoms with van der Waals surface area (Å²) in [4.78, 5) is 32.0. The van der Waals surface area contributed by atoms with Crippen molar-refractivity contribution in [2.75, 3.05) is 30.9 Å². The molecule has 1 heterocycles. The van der Waals surface area contributed by atoms with Gasteiger partial charge in [0, 0.05) is 41.6 Å². The molecule has 3 aromatic carbocycles. The van der Waals surface area contributed by atoms with Gasteiger partial charge in [-0.05, 0) is 56.3 Å². The molecule has 0 aliphatic heterocycles. The zero-order chi connectivity index (χ0) is 25.8. The van der Waals surface area contributed by atoms with Gasteiger partial charge in [-0.25, -0.2) is 4.98 Å². The minimum Gasteiger partial charge on any atom is -0.483 e. The summed E-state index contributed by atoms with van der Waals surface area (Å²) in [7, 11) is 3.83. The summed E-state index contributed by atoms with van der Waals surface area (Å²) in [5.74, 6) is 0.635. The minimum absolute atomic E-state index is 0.184. The van der Waals surface area contributed by atoms with Crippen molar-refractivity contribution in [2.24, 2.45) is 5.10 Å². The maximum Gasteiger partial charge on any atom is 0.282 e. The Bertz CT molecular complexity index is 1510. The number of aromatic nitrogens is 2. The standard InChI is InChI=1S/C27H26BrN5O3/c1-17-5-9-21(10-6-17)31-26(34)16-36-25-14-22(32(3)4)11-7-19(25)15-29-33-18(2)30-24-12-8-20(28)13-23(24)27(33)35/h5-15H,16H2,1-4H3,(H,31,34). The second-order valence-electron chi connectivity index (χ2n) is 8.50. The number of halogens is 1. The summed E-state index contributed by atoms with van der Waals surface area (Å²) in [6.07, 6.45) is 1.53.